The number of carbonyl (C=O) groups excluding carboxylic acids is 1. The van der Waals surface area contributed by atoms with Gasteiger partial charge in [-0.2, -0.15) is 0 Å². The Hall–Kier alpha value is -2.15. The lowest BCUT2D eigenvalue weighted by Crippen LogP contribution is -2.37. The van der Waals surface area contributed by atoms with Crippen LogP contribution in [-0.2, 0) is 4.74 Å². The van der Waals surface area contributed by atoms with Crippen LogP contribution in [0.3, 0.4) is 0 Å². The molecule has 0 spiro atoms. The van der Waals surface area contributed by atoms with E-state index >= 15 is 0 Å². The van der Waals surface area contributed by atoms with Crippen molar-refractivity contribution in [1.82, 2.24) is 5.32 Å². The Labute approximate surface area is 117 Å². The summed E-state index contributed by atoms with van der Waals surface area (Å²) in [7, 11) is 0. The van der Waals surface area contributed by atoms with Gasteiger partial charge in [0.2, 0.25) is 5.75 Å². The van der Waals surface area contributed by atoms with E-state index in [1.54, 1.807) is 20.8 Å². The molecule has 1 aromatic carbocycles. The highest BCUT2D eigenvalue weighted by molar-refractivity contribution is 5.69. The normalized spacial score (nSPS) is 12.8. The summed E-state index contributed by atoms with van der Waals surface area (Å²) in [5.41, 5.74) is 5.07. The summed E-state index contributed by atoms with van der Waals surface area (Å²) in [5.74, 6) is -1.65. The monoisotopic (exact) mass is 284 g/mol. The van der Waals surface area contributed by atoms with Crippen molar-refractivity contribution in [3.05, 3.63) is 17.7 Å². The Morgan fingerprint density at radius 1 is 1.30 bits per heavy atom. The molecular weight excluding hydrogens is 264 g/mol. The number of phenolic OH excluding ortho intramolecular Hbond substituents is 3. The number of ether oxygens (including phenoxy) is 1. The van der Waals surface area contributed by atoms with Gasteiger partial charge in [0.15, 0.2) is 11.5 Å². The predicted octanol–water partition coefficient (Wildman–Crippen LogP) is 1.33. The molecule has 20 heavy (non-hydrogen) atoms. The Kier molecular flexibility index (Phi) is 4.67. The number of amides is 1. The third-order valence-electron chi connectivity index (χ3n) is 2.46. The minimum Gasteiger partial charge on any atom is -0.504 e. The molecule has 1 amide bonds. The number of carbonyl (C=O) groups is 1. The lowest BCUT2D eigenvalue weighted by molar-refractivity contribution is 0.0504. The molecule has 112 valence electrons. The van der Waals surface area contributed by atoms with Crippen molar-refractivity contribution >= 4 is 6.09 Å². The van der Waals surface area contributed by atoms with Crippen LogP contribution in [0.2, 0.25) is 0 Å². The molecule has 0 aromatic heterocycles. The van der Waals surface area contributed by atoms with Crippen molar-refractivity contribution in [3.63, 3.8) is 0 Å². The summed E-state index contributed by atoms with van der Waals surface area (Å²) < 4.78 is 5.09. The van der Waals surface area contributed by atoms with Crippen molar-refractivity contribution in [2.45, 2.75) is 32.4 Å². The summed E-state index contributed by atoms with van der Waals surface area (Å²) in [5, 5.41) is 31.0. The molecule has 0 fully saturated rings. The molecule has 0 aliphatic carbocycles. The Morgan fingerprint density at radius 2 is 1.90 bits per heavy atom. The molecule has 7 nitrogen and oxygen atoms in total. The van der Waals surface area contributed by atoms with Crippen LogP contribution >= 0.6 is 0 Å². The fourth-order valence-corrected chi connectivity index (χ4v) is 1.58. The molecular formula is C13H20N2O5. The maximum atomic E-state index is 11.7. The van der Waals surface area contributed by atoms with E-state index in [4.69, 9.17) is 10.5 Å². The average molecular weight is 284 g/mol. The van der Waals surface area contributed by atoms with Gasteiger partial charge in [-0.05, 0) is 32.9 Å². The molecule has 7 heteroatoms. The summed E-state index contributed by atoms with van der Waals surface area (Å²) >= 11 is 0. The largest absolute Gasteiger partial charge is 0.504 e. The van der Waals surface area contributed by atoms with Crippen molar-refractivity contribution in [2.75, 3.05) is 6.54 Å². The van der Waals surface area contributed by atoms with Crippen LogP contribution in [0, 0.1) is 0 Å². The van der Waals surface area contributed by atoms with Crippen LogP contribution in [0.5, 0.6) is 17.2 Å². The van der Waals surface area contributed by atoms with Crippen molar-refractivity contribution < 1.29 is 24.9 Å². The number of nitrogens with one attached hydrogen (secondary N) is 1. The molecule has 0 radical (unpaired) electrons. The number of rotatable bonds is 3. The van der Waals surface area contributed by atoms with E-state index in [0.29, 0.717) is 0 Å². The van der Waals surface area contributed by atoms with Gasteiger partial charge in [-0.15, -0.1) is 0 Å². The van der Waals surface area contributed by atoms with Gasteiger partial charge in [-0.3, -0.25) is 0 Å². The van der Waals surface area contributed by atoms with E-state index in [0.717, 1.165) is 0 Å². The summed E-state index contributed by atoms with van der Waals surface area (Å²) in [4.78, 5) is 11.7. The van der Waals surface area contributed by atoms with Crippen LogP contribution in [0.1, 0.15) is 32.4 Å². The van der Waals surface area contributed by atoms with E-state index in [-0.39, 0.29) is 12.1 Å². The second kappa shape index (κ2) is 5.87. The second-order valence-corrected chi connectivity index (χ2v) is 5.31. The van der Waals surface area contributed by atoms with Crippen molar-refractivity contribution in [1.29, 1.82) is 0 Å². The molecule has 1 rings (SSSR count). The quantitative estimate of drug-likeness (QED) is 0.533. The Morgan fingerprint density at radius 3 is 2.40 bits per heavy atom. The Balaban J connectivity index is 2.92. The molecule has 0 bridgehead atoms. The van der Waals surface area contributed by atoms with E-state index in [1.807, 2.05) is 0 Å². The first kappa shape index (κ1) is 15.9. The number of hydrogen-bond acceptors (Lipinski definition) is 6. The van der Waals surface area contributed by atoms with E-state index in [9.17, 15) is 20.1 Å². The smallest absolute Gasteiger partial charge is 0.408 e. The van der Waals surface area contributed by atoms with Crippen LogP contribution in [0.25, 0.3) is 0 Å². The fraction of sp³-hybridized carbons (Fsp3) is 0.462. The third-order valence-corrected chi connectivity index (χ3v) is 2.46. The molecule has 0 heterocycles. The second-order valence-electron chi connectivity index (χ2n) is 5.31. The van der Waals surface area contributed by atoms with Gasteiger partial charge in [0.1, 0.15) is 5.60 Å². The molecule has 1 aromatic rings. The summed E-state index contributed by atoms with van der Waals surface area (Å²) in [6.07, 6.45) is -0.695. The highest BCUT2D eigenvalue weighted by Crippen LogP contribution is 2.39. The molecule has 1 atom stereocenters. The standard InChI is InChI=1S/C13H20N2O5/c1-13(2,3)20-12(19)15-8(6-14)7-4-5-9(16)11(18)10(7)17/h4-5,8,16-18H,6,14H2,1-3H3,(H,15,19). The zero-order chi connectivity index (χ0) is 15.5. The van der Waals surface area contributed by atoms with Crippen LogP contribution in [0.4, 0.5) is 4.79 Å². The minimum atomic E-state index is -0.753. The van der Waals surface area contributed by atoms with E-state index in [1.165, 1.54) is 12.1 Å². The van der Waals surface area contributed by atoms with Gasteiger partial charge >= 0.3 is 6.09 Å². The summed E-state index contributed by atoms with van der Waals surface area (Å²) in [6.45, 7) is 5.13. The lowest BCUT2D eigenvalue weighted by atomic mass is 10.0. The van der Waals surface area contributed by atoms with E-state index < -0.39 is 35.0 Å². The number of benzene rings is 1. The molecule has 6 N–H and O–H groups in total. The Bertz CT molecular complexity index is 496. The lowest BCUT2D eigenvalue weighted by Gasteiger charge is -2.23. The van der Waals surface area contributed by atoms with Gasteiger partial charge in [-0.1, -0.05) is 0 Å². The number of phenols is 3. The molecule has 0 aliphatic heterocycles. The molecule has 0 saturated heterocycles. The van der Waals surface area contributed by atoms with Crippen molar-refractivity contribution in [2.24, 2.45) is 5.73 Å². The number of hydrogen-bond donors (Lipinski definition) is 5. The van der Waals surface area contributed by atoms with Crippen molar-refractivity contribution in [3.8, 4) is 17.2 Å². The predicted molar refractivity (Wildman–Crippen MR) is 72.6 cm³/mol. The zero-order valence-corrected chi connectivity index (χ0v) is 11.7. The number of alkyl carbamates (subject to hydrolysis) is 1. The topological polar surface area (TPSA) is 125 Å². The van der Waals surface area contributed by atoms with Gasteiger partial charge in [-0.25, -0.2) is 4.79 Å². The first-order valence-corrected chi connectivity index (χ1v) is 6.09. The minimum absolute atomic E-state index is 0.0168. The highest BCUT2D eigenvalue weighted by Gasteiger charge is 2.23. The van der Waals surface area contributed by atoms with Gasteiger partial charge < -0.3 is 31.1 Å². The van der Waals surface area contributed by atoms with Gasteiger partial charge in [0.05, 0.1) is 6.04 Å². The summed E-state index contributed by atoms with van der Waals surface area (Å²) in [6, 6.07) is 1.81. The fourth-order valence-electron chi connectivity index (χ4n) is 1.58. The van der Waals surface area contributed by atoms with Gasteiger partial charge in [0, 0.05) is 12.1 Å². The SMILES string of the molecule is CC(C)(C)OC(=O)NC(CN)c1ccc(O)c(O)c1O. The molecule has 0 aliphatic rings. The zero-order valence-electron chi connectivity index (χ0n) is 11.7. The van der Waals surface area contributed by atoms with Crippen LogP contribution < -0.4 is 11.1 Å². The van der Waals surface area contributed by atoms with Crippen LogP contribution in [0.15, 0.2) is 12.1 Å². The first-order valence-electron chi connectivity index (χ1n) is 6.09. The van der Waals surface area contributed by atoms with Crippen LogP contribution in [-0.4, -0.2) is 33.6 Å². The third kappa shape index (κ3) is 3.92. The average Bonchev–Trinajstić information content (AvgIpc) is 2.32. The molecule has 1 unspecified atom stereocenters. The molecule has 0 saturated carbocycles. The first-order chi connectivity index (χ1) is 9.15. The highest BCUT2D eigenvalue weighted by atomic mass is 16.6. The number of aromatic hydroxyl groups is 3. The van der Waals surface area contributed by atoms with Gasteiger partial charge in [0.25, 0.3) is 0 Å². The van der Waals surface area contributed by atoms with E-state index in [2.05, 4.69) is 5.32 Å². The number of nitrogens with two attached hydrogens (primary N) is 1. The maximum Gasteiger partial charge on any atom is 0.408 e. The maximum absolute atomic E-state index is 11.7.